The van der Waals surface area contributed by atoms with Gasteiger partial charge in [-0.1, -0.05) is 0 Å². The van der Waals surface area contributed by atoms with Crippen molar-refractivity contribution in [1.29, 1.82) is 0 Å². The van der Waals surface area contributed by atoms with Crippen molar-refractivity contribution in [3.05, 3.63) is 0 Å². The molecule has 76 valence electrons. The lowest BCUT2D eigenvalue weighted by atomic mass is 10.2. The first-order chi connectivity index (χ1) is 6.20. The van der Waals surface area contributed by atoms with Gasteiger partial charge >= 0.3 is 0 Å². The van der Waals surface area contributed by atoms with Crippen molar-refractivity contribution in [1.82, 2.24) is 10.2 Å². The third-order valence-electron chi connectivity index (χ3n) is 2.29. The van der Waals surface area contributed by atoms with Gasteiger partial charge in [-0.15, -0.1) is 0 Å². The number of likely N-dealkylation sites (N-methyl/N-ethyl adjacent to an activating group) is 1. The van der Waals surface area contributed by atoms with Gasteiger partial charge in [-0.05, 0) is 13.0 Å². The van der Waals surface area contributed by atoms with Crippen LogP contribution in [0.1, 0.15) is 13.3 Å². The van der Waals surface area contributed by atoms with E-state index in [1.165, 1.54) is 0 Å². The van der Waals surface area contributed by atoms with Gasteiger partial charge in [-0.3, -0.25) is 4.79 Å². The summed E-state index contributed by atoms with van der Waals surface area (Å²) in [6.45, 7) is 4.93. The Hall–Kier alpha value is -0.610. The van der Waals surface area contributed by atoms with Crippen LogP contribution in [0.4, 0.5) is 0 Å². The summed E-state index contributed by atoms with van der Waals surface area (Å²) in [6.07, 6.45) is 1.18. The van der Waals surface area contributed by atoms with E-state index in [4.69, 9.17) is 4.74 Å². The largest absolute Gasteiger partial charge is 0.375 e. The topological polar surface area (TPSA) is 41.6 Å². The Morgan fingerprint density at radius 1 is 1.62 bits per heavy atom. The SMILES string of the molecule is CC(=O)N(C)CC1CCNCCO1. The van der Waals surface area contributed by atoms with Gasteiger partial charge in [0.15, 0.2) is 0 Å². The van der Waals surface area contributed by atoms with Crippen LogP contribution >= 0.6 is 0 Å². The van der Waals surface area contributed by atoms with E-state index in [9.17, 15) is 4.79 Å². The molecule has 0 aliphatic carbocycles. The molecule has 1 fully saturated rings. The Labute approximate surface area is 79.2 Å². The van der Waals surface area contributed by atoms with Crippen molar-refractivity contribution in [2.24, 2.45) is 0 Å². The van der Waals surface area contributed by atoms with Crippen molar-refractivity contribution in [2.45, 2.75) is 19.4 Å². The van der Waals surface area contributed by atoms with E-state index in [0.29, 0.717) is 6.54 Å². The summed E-state index contributed by atoms with van der Waals surface area (Å²) in [5.74, 6) is 0.0980. The molecule has 1 N–H and O–H groups in total. The summed E-state index contributed by atoms with van der Waals surface area (Å²) in [6, 6.07) is 0. The monoisotopic (exact) mass is 186 g/mol. The van der Waals surface area contributed by atoms with E-state index in [2.05, 4.69) is 5.32 Å². The van der Waals surface area contributed by atoms with Gasteiger partial charge < -0.3 is 15.0 Å². The molecule has 0 aromatic heterocycles. The Morgan fingerprint density at radius 2 is 2.38 bits per heavy atom. The van der Waals surface area contributed by atoms with Crippen LogP contribution in [-0.4, -0.2) is 50.2 Å². The van der Waals surface area contributed by atoms with Crippen LogP contribution in [0, 0.1) is 0 Å². The third-order valence-corrected chi connectivity index (χ3v) is 2.29. The molecular formula is C9H18N2O2. The first-order valence-corrected chi connectivity index (χ1v) is 4.74. The lowest BCUT2D eigenvalue weighted by Crippen LogP contribution is -2.34. The van der Waals surface area contributed by atoms with Crippen molar-refractivity contribution in [3.8, 4) is 0 Å². The standard InChI is InChI=1S/C9H18N2O2/c1-8(12)11(2)7-9-3-4-10-5-6-13-9/h9-10H,3-7H2,1-2H3. The zero-order valence-electron chi connectivity index (χ0n) is 8.38. The van der Waals surface area contributed by atoms with Gasteiger partial charge in [0, 0.05) is 27.1 Å². The summed E-state index contributed by atoms with van der Waals surface area (Å²) >= 11 is 0. The molecule has 0 spiro atoms. The average molecular weight is 186 g/mol. The molecule has 0 aromatic carbocycles. The van der Waals surface area contributed by atoms with Crippen LogP contribution < -0.4 is 5.32 Å². The van der Waals surface area contributed by atoms with Gasteiger partial charge in [0.25, 0.3) is 0 Å². The zero-order chi connectivity index (χ0) is 9.68. The lowest BCUT2D eigenvalue weighted by Gasteiger charge is -2.21. The van der Waals surface area contributed by atoms with Crippen LogP contribution in [0.3, 0.4) is 0 Å². The Balaban J connectivity index is 2.29. The fourth-order valence-electron chi connectivity index (χ4n) is 1.35. The van der Waals surface area contributed by atoms with Crippen molar-refractivity contribution in [2.75, 3.05) is 33.3 Å². The Bertz CT molecular complexity index is 165. The molecule has 0 saturated carbocycles. The summed E-state index contributed by atoms with van der Waals surface area (Å²) in [4.78, 5) is 12.7. The summed E-state index contributed by atoms with van der Waals surface area (Å²) in [7, 11) is 1.81. The van der Waals surface area contributed by atoms with Gasteiger partial charge in [-0.2, -0.15) is 0 Å². The number of amides is 1. The number of rotatable bonds is 2. The predicted molar refractivity (Wildman–Crippen MR) is 50.5 cm³/mol. The molecule has 1 atom stereocenters. The normalized spacial score (nSPS) is 23.7. The number of hydrogen-bond donors (Lipinski definition) is 1. The minimum Gasteiger partial charge on any atom is -0.375 e. The third kappa shape index (κ3) is 3.74. The molecule has 1 rings (SSSR count). The van der Waals surface area contributed by atoms with Crippen LogP contribution in [0.25, 0.3) is 0 Å². The highest BCUT2D eigenvalue weighted by Crippen LogP contribution is 2.02. The molecule has 4 nitrogen and oxygen atoms in total. The molecule has 0 aromatic rings. The van der Waals surface area contributed by atoms with E-state index >= 15 is 0 Å². The molecule has 1 unspecified atom stereocenters. The molecule has 4 heteroatoms. The summed E-state index contributed by atoms with van der Waals surface area (Å²) < 4.78 is 5.57. The van der Waals surface area contributed by atoms with Crippen LogP contribution in [0.5, 0.6) is 0 Å². The maximum Gasteiger partial charge on any atom is 0.219 e. The van der Waals surface area contributed by atoms with Crippen LogP contribution in [0.2, 0.25) is 0 Å². The second-order valence-electron chi connectivity index (χ2n) is 3.43. The molecule has 1 aliphatic rings. The fraction of sp³-hybridized carbons (Fsp3) is 0.889. The highest BCUT2D eigenvalue weighted by Gasteiger charge is 2.15. The number of ether oxygens (including phenoxy) is 1. The maximum atomic E-state index is 11.0. The quantitative estimate of drug-likeness (QED) is 0.651. The predicted octanol–water partition coefficient (Wildman–Crippen LogP) is -0.157. The number of nitrogens with zero attached hydrogens (tertiary/aromatic N) is 1. The number of hydrogen-bond acceptors (Lipinski definition) is 3. The van der Waals surface area contributed by atoms with Crippen LogP contribution in [0.15, 0.2) is 0 Å². The minimum atomic E-state index is 0.0980. The number of carbonyl (C=O) groups excluding carboxylic acids is 1. The van der Waals surface area contributed by atoms with Gasteiger partial charge in [0.05, 0.1) is 12.7 Å². The molecule has 1 saturated heterocycles. The highest BCUT2D eigenvalue weighted by molar-refractivity contribution is 5.72. The first-order valence-electron chi connectivity index (χ1n) is 4.74. The highest BCUT2D eigenvalue weighted by atomic mass is 16.5. The molecule has 13 heavy (non-hydrogen) atoms. The van der Waals surface area contributed by atoms with Crippen molar-refractivity contribution >= 4 is 5.91 Å². The van der Waals surface area contributed by atoms with E-state index in [1.807, 2.05) is 7.05 Å². The molecule has 1 heterocycles. The lowest BCUT2D eigenvalue weighted by molar-refractivity contribution is -0.129. The second kappa shape index (κ2) is 5.19. The molecular weight excluding hydrogens is 168 g/mol. The first kappa shape index (κ1) is 10.5. The van der Waals surface area contributed by atoms with Gasteiger partial charge in [0.1, 0.15) is 0 Å². The van der Waals surface area contributed by atoms with Gasteiger partial charge in [0.2, 0.25) is 5.91 Å². The average Bonchev–Trinajstić information content (AvgIpc) is 2.32. The van der Waals surface area contributed by atoms with Crippen molar-refractivity contribution in [3.63, 3.8) is 0 Å². The van der Waals surface area contributed by atoms with E-state index in [-0.39, 0.29) is 12.0 Å². The molecule has 0 radical (unpaired) electrons. The summed E-state index contributed by atoms with van der Waals surface area (Å²) in [5.41, 5.74) is 0. The summed E-state index contributed by atoms with van der Waals surface area (Å²) in [5, 5.41) is 3.25. The maximum absolute atomic E-state index is 11.0. The molecule has 1 amide bonds. The van der Waals surface area contributed by atoms with E-state index in [1.54, 1.807) is 11.8 Å². The van der Waals surface area contributed by atoms with E-state index < -0.39 is 0 Å². The van der Waals surface area contributed by atoms with Crippen molar-refractivity contribution < 1.29 is 9.53 Å². The fourth-order valence-corrected chi connectivity index (χ4v) is 1.35. The Morgan fingerprint density at radius 3 is 3.08 bits per heavy atom. The number of nitrogens with one attached hydrogen (secondary N) is 1. The minimum absolute atomic E-state index is 0.0980. The second-order valence-corrected chi connectivity index (χ2v) is 3.43. The Kier molecular flexibility index (Phi) is 4.18. The molecule has 0 bridgehead atoms. The van der Waals surface area contributed by atoms with E-state index in [0.717, 1.165) is 26.1 Å². The molecule has 1 aliphatic heterocycles. The van der Waals surface area contributed by atoms with Crippen LogP contribution in [-0.2, 0) is 9.53 Å². The van der Waals surface area contributed by atoms with Gasteiger partial charge in [-0.25, -0.2) is 0 Å². The smallest absolute Gasteiger partial charge is 0.219 e. The number of carbonyl (C=O) groups is 1. The zero-order valence-corrected chi connectivity index (χ0v) is 8.38.